The van der Waals surface area contributed by atoms with Crippen LogP contribution >= 0.6 is 26.6 Å². The molecule has 0 aromatic heterocycles. The number of aryl methyl sites for hydroxylation is 1. The van der Waals surface area contributed by atoms with Crippen LogP contribution in [0.1, 0.15) is 15.9 Å². The van der Waals surface area contributed by atoms with Gasteiger partial charge in [-0.3, -0.25) is 0 Å². The number of carbonyl (C=O) groups is 1. The summed E-state index contributed by atoms with van der Waals surface area (Å²) < 4.78 is 27.3. The first kappa shape index (κ1) is 13.5. The lowest BCUT2D eigenvalue weighted by Crippen LogP contribution is -2.06. The van der Waals surface area contributed by atoms with Crippen LogP contribution in [0.2, 0.25) is 0 Å². The predicted molar refractivity (Wildman–Crippen MR) is 63.3 cm³/mol. The third-order valence-electron chi connectivity index (χ3n) is 1.95. The van der Waals surface area contributed by atoms with Crippen molar-refractivity contribution in [1.29, 1.82) is 0 Å². The van der Waals surface area contributed by atoms with Crippen LogP contribution in [0.15, 0.2) is 21.5 Å². The molecule has 16 heavy (non-hydrogen) atoms. The van der Waals surface area contributed by atoms with E-state index in [4.69, 9.17) is 10.7 Å². The Morgan fingerprint density at radius 3 is 2.44 bits per heavy atom. The highest BCUT2D eigenvalue weighted by Gasteiger charge is 2.19. The van der Waals surface area contributed by atoms with E-state index in [1.54, 1.807) is 6.92 Å². The summed E-state index contributed by atoms with van der Waals surface area (Å²) in [5.41, 5.74) is 0.771. The minimum absolute atomic E-state index is 0.153. The summed E-state index contributed by atoms with van der Waals surface area (Å²) in [6, 6.07) is 2.69. The molecule has 0 aliphatic rings. The second-order valence-electron chi connectivity index (χ2n) is 3.03. The van der Waals surface area contributed by atoms with Gasteiger partial charge in [0, 0.05) is 15.2 Å². The standard InChI is InChI=1S/C9H8BrClO4S/c1-5-3-7(10)8(16(11,13)14)4-6(5)9(12)15-2/h3-4H,1-2H3. The van der Waals surface area contributed by atoms with E-state index in [-0.39, 0.29) is 10.5 Å². The molecule has 0 aliphatic carbocycles. The lowest BCUT2D eigenvalue weighted by atomic mass is 10.1. The van der Waals surface area contributed by atoms with Gasteiger partial charge in [-0.15, -0.1) is 0 Å². The first-order valence-corrected chi connectivity index (χ1v) is 7.20. The third-order valence-corrected chi connectivity index (χ3v) is 4.23. The fourth-order valence-corrected chi connectivity index (χ4v) is 3.48. The summed E-state index contributed by atoms with van der Waals surface area (Å²) >= 11 is 3.07. The largest absolute Gasteiger partial charge is 0.465 e. The number of esters is 1. The van der Waals surface area contributed by atoms with Crippen molar-refractivity contribution < 1.29 is 17.9 Å². The molecule has 1 aromatic rings. The molecule has 0 N–H and O–H groups in total. The maximum atomic E-state index is 11.3. The molecule has 0 atom stereocenters. The van der Waals surface area contributed by atoms with Crippen LogP contribution in [0, 0.1) is 6.92 Å². The van der Waals surface area contributed by atoms with E-state index >= 15 is 0 Å². The lowest BCUT2D eigenvalue weighted by molar-refractivity contribution is 0.0599. The smallest absolute Gasteiger partial charge is 0.338 e. The van der Waals surface area contributed by atoms with E-state index in [1.807, 2.05) is 0 Å². The average molecular weight is 328 g/mol. The summed E-state index contributed by atoms with van der Waals surface area (Å²) in [5.74, 6) is -0.605. The number of methoxy groups -OCH3 is 1. The molecule has 0 amide bonds. The average Bonchev–Trinajstić information content (AvgIpc) is 2.14. The number of halogens is 2. The van der Waals surface area contributed by atoms with E-state index in [0.717, 1.165) is 0 Å². The van der Waals surface area contributed by atoms with Crippen LogP contribution in [0.5, 0.6) is 0 Å². The summed E-state index contributed by atoms with van der Waals surface area (Å²) in [6.45, 7) is 1.67. The Bertz CT molecular complexity index is 539. The zero-order chi connectivity index (χ0) is 12.5. The second kappa shape index (κ2) is 4.73. The van der Waals surface area contributed by atoms with E-state index < -0.39 is 15.0 Å². The molecule has 4 nitrogen and oxygen atoms in total. The van der Waals surface area contributed by atoms with E-state index in [2.05, 4.69) is 20.7 Å². The molecule has 0 unspecified atom stereocenters. The van der Waals surface area contributed by atoms with Crippen LogP contribution in [-0.2, 0) is 13.8 Å². The molecule has 0 radical (unpaired) electrons. The third kappa shape index (κ3) is 2.75. The van der Waals surface area contributed by atoms with Gasteiger partial charge in [0.15, 0.2) is 0 Å². The van der Waals surface area contributed by atoms with Crippen LogP contribution in [0.25, 0.3) is 0 Å². The van der Waals surface area contributed by atoms with Crippen LogP contribution in [-0.4, -0.2) is 21.5 Å². The Morgan fingerprint density at radius 1 is 1.44 bits per heavy atom. The molecule has 0 fully saturated rings. The van der Waals surface area contributed by atoms with Crippen molar-refractivity contribution in [1.82, 2.24) is 0 Å². The van der Waals surface area contributed by atoms with E-state index in [9.17, 15) is 13.2 Å². The van der Waals surface area contributed by atoms with Gasteiger partial charge < -0.3 is 4.74 Å². The fraction of sp³-hybridized carbons (Fsp3) is 0.222. The highest BCUT2D eigenvalue weighted by atomic mass is 79.9. The second-order valence-corrected chi connectivity index (χ2v) is 6.42. The summed E-state index contributed by atoms with van der Waals surface area (Å²) in [5, 5.41) is 0. The molecule has 0 saturated carbocycles. The van der Waals surface area contributed by atoms with Crippen molar-refractivity contribution in [3.8, 4) is 0 Å². The Kier molecular flexibility index (Phi) is 3.98. The number of ether oxygens (including phenoxy) is 1. The van der Waals surface area contributed by atoms with Gasteiger partial charge in [0.05, 0.1) is 17.6 Å². The van der Waals surface area contributed by atoms with Gasteiger partial charge in [0.1, 0.15) is 0 Å². The minimum Gasteiger partial charge on any atom is -0.465 e. The van der Waals surface area contributed by atoms with Gasteiger partial charge in [0.2, 0.25) is 0 Å². The Hall–Kier alpha value is -0.590. The number of benzene rings is 1. The van der Waals surface area contributed by atoms with Crippen LogP contribution in [0.3, 0.4) is 0 Å². The van der Waals surface area contributed by atoms with Crippen LogP contribution in [0.4, 0.5) is 0 Å². The van der Waals surface area contributed by atoms with Crippen molar-refractivity contribution in [3.63, 3.8) is 0 Å². The minimum atomic E-state index is -3.90. The highest BCUT2D eigenvalue weighted by Crippen LogP contribution is 2.28. The van der Waals surface area contributed by atoms with Gasteiger partial charge in [-0.2, -0.15) is 0 Å². The molecule has 0 spiro atoms. The SMILES string of the molecule is COC(=O)c1cc(S(=O)(=O)Cl)c(Br)cc1C. The highest BCUT2D eigenvalue weighted by molar-refractivity contribution is 9.10. The van der Waals surface area contributed by atoms with E-state index in [1.165, 1.54) is 19.2 Å². The normalized spacial score (nSPS) is 11.2. The van der Waals surface area contributed by atoms with Gasteiger partial charge in [-0.1, -0.05) is 0 Å². The summed E-state index contributed by atoms with van der Waals surface area (Å²) in [4.78, 5) is 11.2. The van der Waals surface area contributed by atoms with Gasteiger partial charge in [-0.05, 0) is 40.5 Å². The van der Waals surface area contributed by atoms with Crippen molar-refractivity contribution in [2.75, 3.05) is 7.11 Å². The maximum absolute atomic E-state index is 11.3. The van der Waals surface area contributed by atoms with Crippen LogP contribution < -0.4 is 0 Å². The molecule has 0 heterocycles. The first-order valence-electron chi connectivity index (χ1n) is 4.10. The predicted octanol–water partition coefficient (Wildman–Crippen LogP) is 2.47. The number of hydrogen-bond donors (Lipinski definition) is 0. The topological polar surface area (TPSA) is 60.4 Å². The number of rotatable bonds is 2. The van der Waals surface area contributed by atoms with Gasteiger partial charge >= 0.3 is 5.97 Å². The van der Waals surface area contributed by atoms with Crippen molar-refractivity contribution in [3.05, 3.63) is 27.7 Å². The Labute approximate surface area is 106 Å². The quantitative estimate of drug-likeness (QED) is 0.618. The first-order chi connectivity index (χ1) is 7.27. The summed E-state index contributed by atoms with van der Waals surface area (Å²) in [7, 11) is 2.55. The molecule has 88 valence electrons. The monoisotopic (exact) mass is 326 g/mol. The van der Waals surface area contributed by atoms with Crippen molar-refractivity contribution >= 4 is 41.6 Å². The lowest BCUT2D eigenvalue weighted by Gasteiger charge is -2.07. The fourth-order valence-electron chi connectivity index (χ4n) is 1.17. The zero-order valence-electron chi connectivity index (χ0n) is 8.45. The van der Waals surface area contributed by atoms with Gasteiger partial charge in [-0.25, -0.2) is 13.2 Å². The maximum Gasteiger partial charge on any atom is 0.338 e. The zero-order valence-corrected chi connectivity index (χ0v) is 11.6. The Balaban J connectivity index is 3.51. The molecule has 1 rings (SSSR count). The molecular weight excluding hydrogens is 320 g/mol. The molecule has 1 aromatic carbocycles. The van der Waals surface area contributed by atoms with E-state index in [0.29, 0.717) is 10.0 Å². The summed E-state index contributed by atoms with van der Waals surface area (Å²) in [6.07, 6.45) is 0. The molecule has 0 bridgehead atoms. The number of carbonyl (C=O) groups excluding carboxylic acids is 1. The molecule has 0 aliphatic heterocycles. The molecular formula is C9H8BrClO4S. The molecule has 0 saturated heterocycles. The van der Waals surface area contributed by atoms with Crippen molar-refractivity contribution in [2.45, 2.75) is 11.8 Å². The molecule has 7 heteroatoms. The number of hydrogen-bond acceptors (Lipinski definition) is 4. The van der Waals surface area contributed by atoms with Crippen molar-refractivity contribution in [2.24, 2.45) is 0 Å². The van der Waals surface area contributed by atoms with Gasteiger partial charge in [0.25, 0.3) is 9.05 Å². The Morgan fingerprint density at radius 2 is 2.00 bits per heavy atom.